The summed E-state index contributed by atoms with van der Waals surface area (Å²) >= 11 is 0. The van der Waals surface area contributed by atoms with Crippen LogP contribution >= 0.6 is 7.60 Å². The van der Waals surface area contributed by atoms with Gasteiger partial charge in [-0.1, -0.05) is 0 Å². The molecule has 1 aromatic rings. The molecular formula is C7H14N3O5P. The van der Waals surface area contributed by atoms with E-state index in [9.17, 15) is 4.57 Å². The Balaban J connectivity index is 2.68. The Hall–Kier alpha value is -0.950. The summed E-state index contributed by atoms with van der Waals surface area (Å²) in [5.74, 6) is -1.37. The fourth-order valence-electron chi connectivity index (χ4n) is 0.883. The van der Waals surface area contributed by atoms with Crippen LogP contribution in [0.1, 0.15) is 6.92 Å². The van der Waals surface area contributed by atoms with Gasteiger partial charge in [0.05, 0.1) is 6.66 Å². The molecule has 1 heterocycles. The van der Waals surface area contributed by atoms with Gasteiger partial charge in [0, 0.05) is 21.1 Å². The van der Waals surface area contributed by atoms with Crippen LogP contribution < -0.4 is 4.52 Å². The summed E-state index contributed by atoms with van der Waals surface area (Å²) in [7, 11) is -0.687. The molecule has 0 aliphatic heterocycles. The monoisotopic (exact) mass is 251 g/mol. The fraction of sp³-hybridized carbons (Fsp3) is 0.714. The van der Waals surface area contributed by atoms with E-state index in [0.29, 0.717) is 0 Å². The molecule has 0 amide bonds. The molecule has 0 aromatic carbocycles. The second kappa shape index (κ2) is 4.92. The van der Waals surface area contributed by atoms with Crippen LogP contribution in [0.5, 0.6) is 5.88 Å². The van der Waals surface area contributed by atoms with Gasteiger partial charge in [-0.15, -0.1) is 5.10 Å². The van der Waals surface area contributed by atoms with E-state index >= 15 is 0 Å². The highest BCUT2D eigenvalue weighted by atomic mass is 31.2. The van der Waals surface area contributed by atoms with E-state index in [-0.39, 0.29) is 5.88 Å². The lowest BCUT2D eigenvalue weighted by atomic mass is 10.7. The molecule has 8 nitrogen and oxygen atoms in total. The van der Waals surface area contributed by atoms with Crippen molar-refractivity contribution in [2.75, 3.05) is 20.9 Å². The summed E-state index contributed by atoms with van der Waals surface area (Å²) in [6.07, 6.45) is 1.27. The van der Waals surface area contributed by atoms with Crippen LogP contribution in [0.3, 0.4) is 0 Å². The smallest absolute Gasteiger partial charge is 0.381 e. The van der Waals surface area contributed by atoms with Crippen molar-refractivity contribution in [2.45, 2.75) is 12.9 Å². The number of ether oxygens (including phenoxy) is 2. The van der Waals surface area contributed by atoms with Gasteiger partial charge in [0.1, 0.15) is 6.20 Å². The Morgan fingerprint density at radius 2 is 2.06 bits per heavy atom. The molecule has 0 aliphatic carbocycles. The SMILES string of the molecule is COC(C)(OC)OP(C)(=O)Oc1cn[nH]n1. The van der Waals surface area contributed by atoms with Crippen LogP contribution in [0.25, 0.3) is 0 Å². The molecule has 16 heavy (non-hydrogen) atoms. The lowest BCUT2D eigenvalue weighted by molar-refractivity contribution is -0.311. The molecule has 92 valence electrons. The van der Waals surface area contributed by atoms with Crippen LogP contribution in [-0.4, -0.2) is 42.3 Å². The number of aromatic nitrogens is 3. The van der Waals surface area contributed by atoms with Gasteiger partial charge in [0.15, 0.2) is 0 Å². The first kappa shape index (κ1) is 13.1. The van der Waals surface area contributed by atoms with Crippen molar-refractivity contribution in [1.29, 1.82) is 0 Å². The Morgan fingerprint density at radius 3 is 2.50 bits per heavy atom. The standard InChI is InChI=1S/C7H14N3O5P/c1-7(12-2,13-3)15-16(4,11)14-6-5-8-10-9-6/h5H,1-4H3,(H,8,9,10). The minimum Gasteiger partial charge on any atom is -0.403 e. The summed E-state index contributed by atoms with van der Waals surface area (Å²) in [6.45, 7) is 2.74. The Kier molecular flexibility index (Phi) is 4.03. The highest BCUT2D eigenvalue weighted by Crippen LogP contribution is 2.47. The van der Waals surface area contributed by atoms with Crippen molar-refractivity contribution in [2.24, 2.45) is 0 Å². The van der Waals surface area contributed by atoms with Gasteiger partial charge in [-0.2, -0.15) is 10.3 Å². The van der Waals surface area contributed by atoms with E-state index in [2.05, 4.69) is 15.4 Å². The number of nitrogens with zero attached hydrogens (tertiary/aromatic N) is 2. The summed E-state index contributed by atoms with van der Waals surface area (Å²) in [5.41, 5.74) is 0. The van der Waals surface area contributed by atoms with E-state index in [1.165, 1.54) is 34.0 Å². The predicted molar refractivity (Wildman–Crippen MR) is 54.0 cm³/mol. The number of hydrogen-bond acceptors (Lipinski definition) is 7. The van der Waals surface area contributed by atoms with Gasteiger partial charge in [-0.25, -0.2) is 9.09 Å². The number of methoxy groups -OCH3 is 2. The van der Waals surface area contributed by atoms with E-state index in [1.807, 2.05) is 0 Å². The third-order valence-corrected chi connectivity index (χ3v) is 2.91. The largest absolute Gasteiger partial charge is 0.403 e. The van der Waals surface area contributed by atoms with Crippen molar-refractivity contribution in [1.82, 2.24) is 15.4 Å². The zero-order chi connectivity index (χ0) is 12.2. The lowest BCUT2D eigenvalue weighted by Gasteiger charge is -2.28. The molecule has 0 spiro atoms. The topological polar surface area (TPSA) is 95.6 Å². The Morgan fingerprint density at radius 1 is 1.44 bits per heavy atom. The van der Waals surface area contributed by atoms with Crippen molar-refractivity contribution >= 4 is 7.60 Å². The summed E-state index contributed by atoms with van der Waals surface area (Å²) < 4.78 is 31.8. The molecule has 1 N–H and O–H groups in total. The minimum atomic E-state index is -3.41. The maximum Gasteiger partial charge on any atom is 0.381 e. The number of rotatable bonds is 6. The molecule has 0 bridgehead atoms. The molecule has 0 saturated heterocycles. The molecule has 0 aliphatic rings. The van der Waals surface area contributed by atoms with Gasteiger partial charge in [0.25, 0.3) is 11.9 Å². The van der Waals surface area contributed by atoms with Gasteiger partial charge in [-0.05, 0) is 0 Å². The first-order valence-corrected chi connectivity index (χ1v) is 6.34. The summed E-state index contributed by atoms with van der Waals surface area (Å²) in [6, 6.07) is 0. The summed E-state index contributed by atoms with van der Waals surface area (Å²) in [5, 5.41) is 9.41. The van der Waals surface area contributed by atoms with Crippen LogP contribution in [0.4, 0.5) is 0 Å². The molecule has 0 saturated carbocycles. The van der Waals surface area contributed by atoms with Crippen LogP contribution in [0, 0.1) is 0 Å². The van der Waals surface area contributed by atoms with Crippen LogP contribution in [0.2, 0.25) is 0 Å². The van der Waals surface area contributed by atoms with Crippen molar-refractivity contribution < 1.29 is 23.1 Å². The molecule has 1 atom stereocenters. The van der Waals surface area contributed by atoms with Crippen molar-refractivity contribution in [3.8, 4) is 5.88 Å². The quantitative estimate of drug-likeness (QED) is 0.594. The third-order valence-electron chi connectivity index (χ3n) is 1.73. The van der Waals surface area contributed by atoms with Crippen LogP contribution in [0.15, 0.2) is 6.20 Å². The zero-order valence-electron chi connectivity index (χ0n) is 9.46. The first-order valence-electron chi connectivity index (χ1n) is 4.35. The minimum absolute atomic E-state index is 0.0698. The van der Waals surface area contributed by atoms with E-state index < -0.39 is 13.6 Å². The second-order valence-electron chi connectivity index (χ2n) is 3.03. The fourth-order valence-corrected chi connectivity index (χ4v) is 2.10. The molecule has 0 radical (unpaired) electrons. The van der Waals surface area contributed by atoms with Gasteiger partial charge in [0.2, 0.25) is 0 Å². The third kappa shape index (κ3) is 3.57. The molecule has 0 fully saturated rings. The van der Waals surface area contributed by atoms with Crippen molar-refractivity contribution in [3.05, 3.63) is 6.20 Å². The highest BCUT2D eigenvalue weighted by molar-refractivity contribution is 7.53. The second-order valence-corrected chi connectivity index (χ2v) is 4.94. The average Bonchev–Trinajstić information content (AvgIpc) is 2.68. The number of nitrogens with one attached hydrogen (secondary N) is 1. The van der Waals surface area contributed by atoms with Gasteiger partial charge in [-0.3, -0.25) is 0 Å². The van der Waals surface area contributed by atoms with Gasteiger partial charge < -0.3 is 14.0 Å². The maximum absolute atomic E-state index is 11.9. The maximum atomic E-state index is 11.9. The Labute approximate surface area is 92.8 Å². The van der Waals surface area contributed by atoms with E-state index in [4.69, 9.17) is 18.5 Å². The molecule has 1 rings (SSSR count). The van der Waals surface area contributed by atoms with E-state index in [0.717, 1.165) is 0 Å². The zero-order valence-corrected chi connectivity index (χ0v) is 10.4. The predicted octanol–water partition coefficient (Wildman–Crippen LogP) is 0.989. The number of H-pyrrole nitrogens is 1. The summed E-state index contributed by atoms with van der Waals surface area (Å²) in [4.78, 5) is 0. The molecule has 9 heteroatoms. The molecule has 1 aromatic heterocycles. The number of hydrogen-bond donors (Lipinski definition) is 1. The average molecular weight is 251 g/mol. The molecular weight excluding hydrogens is 237 g/mol. The number of aromatic amines is 1. The van der Waals surface area contributed by atoms with Crippen LogP contribution in [-0.2, 0) is 18.6 Å². The Bertz CT molecular complexity index is 364. The highest BCUT2D eigenvalue weighted by Gasteiger charge is 2.35. The first-order chi connectivity index (χ1) is 7.41. The van der Waals surface area contributed by atoms with Crippen molar-refractivity contribution in [3.63, 3.8) is 0 Å². The molecule has 1 unspecified atom stereocenters. The van der Waals surface area contributed by atoms with Gasteiger partial charge >= 0.3 is 7.60 Å². The lowest BCUT2D eigenvalue weighted by Crippen LogP contribution is -2.32. The normalized spacial score (nSPS) is 15.8. The van der Waals surface area contributed by atoms with E-state index in [1.54, 1.807) is 0 Å².